The third-order valence-electron chi connectivity index (χ3n) is 3.89. The summed E-state index contributed by atoms with van der Waals surface area (Å²) < 4.78 is 2.65. The molecule has 134 valence electrons. The van der Waals surface area contributed by atoms with E-state index >= 15 is 0 Å². The number of aryl methyl sites for hydroxylation is 1. The fourth-order valence-corrected chi connectivity index (χ4v) is 3.39. The second-order valence-corrected chi connectivity index (χ2v) is 7.37. The van der Waals surface area contributed by atoms with Crippen LogP contribution in [-0.4, -0.2) is 14.9 Å². The predicted molar refractivity (Wildman–Crippen MR) is 116 cm³/mol. The molecule has 0 saturated heterocycles. The van der Waals surface area contributed by atoms with E-state index in [0.29, 0.717) is 17.5 Å². The highest BCUT2D eigenvalue weighted by Gasteiger charge is 2.10. The molecule has 3 aromatic rings. The number of rotatable bonds is 5. The van der Waals surface area contributed by atoms with Crippen LogP contribution in [0.4, 0.5) is 11.5 Å². The Morgan fingerprint density at radius 1 is 1.12 bits per heavy atom. The van der Waals surface area contributed by atoms with Gasteiger partial charge in [0.15, 0.2) is 10.9 Å². The summed E-state index contributed by atoms with van der Waals surface area (Å²) in [6, 6.07) is 15.8. The van der Waals surface area contributed by atoms with Crippen LogP contribution in [0.5, 0.6) is 0 Å². The molecular weight excluding hydrogens is 432 g/mol. The number of anilines is 2. The van der Waals surface area contributed by atoms with Crippen molar-refractivity contribution in [3.05, 3.63) is 75.4 Å². The van der Waals surface area contributed by atoms with E-state index in [1.165, 1.54) is 5.56 Å². The van der Waals surface area contributed by atoms with E-state index in [-0.39, 0.29) is 0 Å². The van der Waals surface area contributed by atoms with E-state index in [9.17, 15) is 0 Å². The number of hydrogen-bond donors (Lipinski definition) is 2. The van der Waals surface area contributed by atoms with Gasteiger partial charge >= 0.3 is 0 Å². The standard InChI is InChI=1S/C19H18BrClN4S/c1-2-13-7-4-6-10-17(13)22-19(26)23-18-15(20)12-25(24-18)11-14-8-3-5-9-16(14)21/h3-10,12H,2,11H2,1H3,(H2,22,23,24,26). The van der Waals surface area contributed by atoms with Gasteiger partial charge in [-0.2, -0.15) is 5.10 Å². The molecule has 4 nitrogen and oxygen atoms in total. The molecule has 1 heterocycles. The van der Waals surface area contributed by atoms with Gasteiger partial charge in [0.2, 0.25) is 0 Å². The Labute approximate surface area is 171 Å². The summed E-state index contributed by atoms with van der Waals surface area (Å²) >= 11 is 15.2. The number of halogens is 2. The minimum Gasteiger partial charge on any atom is -0.332 e. The lowest BCUT2D eigenvalue weighted by Gasteiger charge is -2.12. The van der Waals surface area contributed by atoms with Gasteiger partial charge < -0.3 is 10.6 Å². The number of benzene rings is 2. The van der Waals surface area contributed by atoms with Crippen molar-refractivity contribution in [2.24, 2.45) is 0 Å². The van der Waals surface area contributed by atoms with Crippen molar-refractivity contribution in [1.29, 1.82) is 0 Å². The maximum Gasteiger partial charge on any atom is 0.176 e. The Kier molecular flexibility index (Phi) is 6.29. The maximum atomic E-state index is 6.22. The highest BCUT2D eigenvalue weighted by molar-refractivity contribution is 9.10. The van der Waals surface area contributed by atoms with Crippen molar-refractivity contribution >= 4 is 56.4 Å². The summed E-state index contributed by atoms with van der Waals surface area (Å²) in [5.74, 6) is 0.656. The van der Waals surface area contributed by atoms with Crippen LogP contribution in [-0.2, 0) is 13.0 Å². The highest BCUT2D eigenvalue weighted by Crippen LogP contribution is 2.23. The molecular formula is C19H18BrClN4S. The molecule has 2 aromatic carbocycles. The second-order valence-electron chi connectivity index (χ2n) is 5.70. The Morgan fingerprint density at radius 3 is 2.54 bits per heavy atom. The first-order chi connectivity index (χ1) is 12.6. The van der Waals surface area contributed by atoms with E-state index in [2.05, 4.69) is 44.7 Å². The summed E-state index contributed by atoms with van der Waals surface area (Å²) in [5, 5.41) is 12.1. The number of para-hydroxylation sites is 1. The van der Waals surface area contributed by atoms with Gasteiger partial charge in [0, 0.05) is 16.9 Å². The molecule has 1 aromatic heterocycles. The van der Waals surface area contributed by atoms with Crippen LogP contribution < -0.4 is 10.6 Å². The Hall–Kier alpha value is -1.89. The van der Waals surface area contributed by atoms with E-state index in [4.69, 9.17) is 23.8 Å². The molecule has 0 aliphatic rings. The van der Waals surface area contributed by atoms with Crippen molar-refractivity contribution in [3.8, 4) is 0 Å². The number of thiocarbonyl (C=S) groups is 1. The van der Waals surface area contributed by atoms with Crippen LogP contribution >= 0.6 is 39.7 Å². The molecule has 0 amide bonds. The van der Waals surface area contributed by atoms with E-state index in [1.54, 1.807) is 0 Å². The van der Waals surface area contributed by atoms with Crippen LogP contribution in [0.15, 0.2) is 59.2 Å². The lowest BCUT2D eigenvalue weighted by Crippen LogP contribution is -2.20. The maximum absolute atomic E-state index is 6.22. The molecule has 0 fully saturated rings. The quantitative estimate of drug-likeness (QED) is 0.489. The van der Waals surface area contributed by atoms with Crippen LogP contribution in [0.1, 0.15) is 18.1 Å². The first kappa shape index (κ1) is 18.9. The van der Waals surface area contributed by atoms with Crippen LogP contribution in [0.25, 0.3) is 0 Å². The predicted octanol–water partition coefficient (Wildman–Crippen LogP) is 5.72. The summed E-state index contributed by atoms with van der Waals surface area (Å²) in [4.78, 5) is 0. The molecule has 0 radical (unpaired) electrons. The van der Waals surface area contributed by atoms with Crippen molar-refractivity contribution in [2.75, 3.05) is 10.6 Å². The molecule has 0 atom stereocenters. The first-order valence-corrected chi connectivity index (χ1v) is 9.77. The molecule has 3 rings (SSSR count). The van der Waals surface area contributed by atoms with Gasteiger partial charge in [-0.3, -0.25) is 4.68 Å². The average molecular weight is 450 g/mol. The zero-order valence-electron chi connectivity index (χ0n) is 14.2. The van der Waals surface area contributed by atoms with Crippen molar-refractivity contribution in [3.63, 3.8) is 0 Å². The molecule has 0 aliphatic heterocycles. The molecule has 0 bridgehead atoms. The number of nitrogens with zero attached hydrogens (tertiary/aromatic N) is 2. The fourth-order valence-electron chi connectivity index (χ4n) is 2.58. The summed E-state index contributed by atoms with van der Waals surface area (Å²) in [6.07, 6.45) is 2.83. The van der Waals surface area contributed by atoms with Crippen LogP contribution in [0.3, 0.4) is 0 Å². The second kappa shape index (κ2) is 8.66. The van der Waals surface area contributed by atoms with E-state index in [0.717, 1.165) is 27.2 Å². The molecule has 0 unspecified atom stereocenters. The number of hydrogen-bond acceptors (Lipinski definition) is 2. The third-order valence-corrected chi connectivity index (χ3v) is 5.04. The molecule has 7 heteroatoms. The Morgan fingerprint density at radius 2 is 1.81 bits per heavy atom. The average Bonchev–Trinajstić information content (AvgIpc) is 2.96. The minimum atomic E-state index is 0.495. The van der Waals surface area contributed by atoms with Crippen LogP contribution in [0.2, 0.25) is 5.02 Å². The van der Waals surface area contributed by atoms with Gasteiger partial charge in [-0.15, -0.1) is 0 Å². The van der Waals surface area contributed by atoms with Gasteiger partial charge in [0.25, 0.3) is 0 Å². The van der Waals surface area contributed by atoms with Crippen LogP contribution in [0, 0.1) is 0 Å². The molecule has 0 aliphatic carbocycles. The van der Waals surface area contributed by atoms with E-state index < -0.39 is 0 Å². The molecule has 0 spiro atoms. The first-order valence-electron chi connectivity index (χ1n) is 8.19. The normalized spacial score (nSPS) is 10.6. The fraction of sp³-hybridized carbons (Fsp3) is 0.158. The summed E-state index contributed by atoms with van der Waals surface area (Å²) in [7, 11) is 0. The topological polar surface area (TPSA) is 41.9 Å². The summed E-state index contributed by atoms with van der Waals surface area (Å²) in [6.45, 7) is 2.70. The Bertz CT molecular complexity index is 925. The zero-order chi connectivity index (χ0) is 18.5. The van der Waals surface area contributed by atoms with Gasteiger partial charge in [0.1, 0.15) is 0 Å². The summed E-state index contributed by atoms with van der Waals surface area (Å²) in [5.41, 5.74) is 3.22. The highest BCUT2D eigenvalue weighted by atomic mass is 79.9. The zero-order valence-corrected chi connectivity index (χ0v) is 17.3. The van der Waals surface area contributed by atoms with Gasteiger partial charge in [0.05, 0.1) is 11.0 Å². The monoisotopic (exact) mass is 448 g/mol. The lowest BCUT2D eigenvalue weighted by atomic mass is 10.1. The third kappa shape index (κ3) is 4.63. The molecule has 0 saturated carbocycles. The minimum absolute atomic E-state index is 0.495. The SMILES string of the molecule is CCc1ccccc1NC(=S)Nc1nn(Cc2ccccc2Cl)cc1Br. The number of aromatic nitrogens is 2. The molecule has 26 heavy (non-hydrogen) atoms. The van der Waals surface area contributed by atoms with Crippen molar-refractivity contribution in [2.45, 2.75) is 19.9 Å². The van der Waals surface area contributed by atoms with E-state index in [1.807, 2.05) is 53.3 Å². The largest absolute Gasteiger partial charge is 0.332 e. The van der Waals surface area contributed by atoms with Gasteiger partial charge in [-0.25, -0.2) is 0 Å². The number of nitrogens with one attached hydrogen (secondary N) is 2. The molecule has 2 N–H and O–H groups in total. The van der Waals surface area contributed by atoms with Gasteiger partial charge in [-0.05, 0) is 57.8 Å². The smallest absolute Gasteiger partial charge is 0.176 e. The van der Waals surface area contributed by atoms with Crippen molar-refractivity contribution in [1.82, 2.24) is 9.78 Å². The Balaban J connectivity index is 1.69. The van der Waals surface area contributed by atoms with Gasteiger partial charge in [-0.1, -0.05) is 54.9 Å². The lowest BCUT2D eigenvalue weighted by molar-refractivity contribution is 0.690. The van der Waals surface area contributed by atoms with Crippen molar-refractivity contribution < 1.29 is 0 Å².